The van der Waals surface area contributed by atoms with E-state index in [-0.39, 0.29) is 0 Å². The lowest BCUT2D eigenvalue weighted by molar-refractivity contribution is 0.200. The van der Waals surface area contributed by atoms with Gasteiger partial charge in [-0.15, -0.1) is 0 Å². The number of nitrogens with zero attached hydrogens (tertiary/aromatic N) is 2. The largest absolute Gasteiger partial charge is 0.494 e. The molecule has 1 N–H and O–H groups in total. The van der Waals surface area contributed by atoms with Crippen LogP contribution in [-0.2, 0) is 0 Å². The van der Waals surface area contributed by atoms with Gasteiger partial charge in [0.15, 0.2) is 0 Å². The van der Waals surface area contributed by atoms with E-state index in [1.165, 1.54) is 32.4 Å². The molecule has 2 aromatic carbocycles. The summed E-state index contributed by atoms with van der Waals surface area (Å²) in [5.41, 5.74) is 3.72. The Hall–Kier alpha value is -1.75. The predicted molar refractivity (Wildman–Crippen MR) is 121 cm³/mol. The van der Waals surface area contributed by atoms with Crippen LogP contribution in [0, 0.1) is 12.8 Å². The quantitative estimate of drug-likeness (QED) is 0.462. The molecule has 0 amide bonds. The lowest BCUT2D eigenvalue weighted by Crippen LogP contribution is -2.30. The molecule has 0 bridgehead atoms. The van der Waals surface area contributed by atoms with Crippen LogP contribution in [0.3, 0.4) is 0 Å². The Morgan fingerprint density at radius 3 is 2.72 bits per heavy atom. The fraction of sp³-hybridized carbons (Fsp3) is 0.435. The highest BCUT2D eigenvalue weighted by atomic mass is 35.5. The first-order chi connectivity index (χ1) is 14.0. The third-order valence-electron chi connectivity index (χ3n) is 5.80. The molecule has 3 aromatic rings. The van der Waals surface area contributed by atoms with Crippen molar-refractivity contribution < 1.29 is 4.74 Å². The molecule has 1 aliphatic rings. The highest BCUT2D eigenvalue weighted by Gasteiger charge is 2.16. The number of rotatable bonds is 6. The number of hydrogen-bond acceptors (Lipinski definition) is 3. The fourth-order valence-corrected chi connectivity index (χ4v) is 4.60. The third-order valence-corrected chi connectivity index (χ3v) is 6.33. The summed E-state index contributed by atoms with van der Waals surface area (Å²) < 4.78 is 5.94. The van der Waals surface area contributed by atoms with Gasteiger partial charge in [-0.3, -0.25) is 0 Å². The number of hydrogen-bond donors (Lipinski definition) is 1. The summed E-state index contributed by atoms with van der Waals surface area (Å²) in [4.78, 5) is 10.4. The topological polar surface area (TPSA) is 41.1 Å². The standard InChI is InChI=1S/C23H27Cl2N3O/c1-15-12-17(24)13-21-22(15)27-23(26-21)19-6-5-18(14-20(19)25)29-11-3-4-16-7-9-28(2)10-8-16/h5-6,12-14,16H,3-4,7-11H2,1-2H3,(H,26,27). The van der Waals surface area contributed by atoms with Crippen molar-refractivity contribution in [2.24, 2.45) is 5.92 Å². The molecule has 2 heterocycles. The second-order valence-electron chi connectivity index (χ2n) is 8.08. The molecular weight excluding hydrogens is 405 g/mol. The first-order valence-corrected chi connectivity index (χ1v) is 11.0. The van der Waals surface area contributed by atoms with Gasteiger partial charge < -0.3 is 14.6 Å². The number of H-pyrrole nitrogens is 1. The minimum Gasteiger partial charge on any atom is -0.494 e. The van der Waals surface area contributed by atoms with Crippen LogP contribution in [0.2, 0.25) is 10.0 Å². The monoisotopic (exact) mass is 431 g/mol. The lowest BCUT2D eigenvalue weighted by atomic mass is 9.93. The molecule has 0 atom stereocenters. The van der Waals surface area contributed by atoms with Crippen LogP contribution in [0.15, 0.2) is 30.3 Å². The van der Waals surface area contributed by atoms with E-state index in [1.807, 2.05) is 37.3 Å². The summed E-state index contributed by atoms with van der Waals surface area (Å²) in [6, 6.07) is 9.60. The Morgan fingerprint density at radius 1 is 1.17 bits per heavy atom. The number of likely N-dealkylation sites (tertiary alicyclic amines) is 1. The van der Waals surface area contributed by atoms with Gasteiger partial charge in [-0.2, -0.15) is 0 Å². The maximum atomic E-state index is 6.54. The number of ether oxygens (including phenoxy) is 1. The molecule has 1 aromatic heterocycles. The second-order valence-corrected chi connectivity index (χ2v) is 8.93. The highest BCUT2D eigenvalue weighted by molar-refractivity contribution is 6.33. The van der Waals surface area contributed by atoms with E-state index in [2.05, 4.69) is 16.9 Å². The number of aryl methyl sites for hydroxylation is 1. The normalized spacial score (nSPS) is 15.9. The molecule has 4 nitrogen and oxygen atoms in total. The third kappa shape index (κ3) is 4.88. The number of piperidine rings is 1. The van der Waals surface area contributed by atoms with E-state index in [0.29, 0.717) is 10.0 Å². The molecule has 0 unspecified atom stereocenters. The van der Waals surface area contributed by atoms with Crippen molar-refractivity contribution >= 4 is 34.2 Å². The molecule has 1 fully saturated rings. The van der Waals surface area contributed by atoms with E-state index in [4.69, 9.17) is 32.9 Å². The Morgan fingerprint density at radius 2 is 1.97 bits per heavy atom. The lowest BCUT2D eigenvalue weighted by Gasteiger charge is -2.28. The van der Waals surface area contributed by atoms with Crippen molar-refractivity contribution in [3.8, 4) is 17.1 Å². The molecule has 4 rings (SSSR count). The number of nitrogens with one attached hydrogen (secondary N) is 1. The summed E-state index contributed by atoms with van der Waals surface area (Å²) in [5.74, 6) is 2.38. The van der Waals surface area contributed by atoms with Gasteiger partial charge in [0.25, 0.3) is 0 Å². The molecule has 29 heavy (non-hydrogen) atoms. The molecular formula is C23H27Cl2N3O. The van der Waals surface area contributed by atoms with Crippen molar-refractivity contribution in [3.05, 3.63) is 45.9 Å². The van der Waals surface area contributed by atoms with Crippen molar-refractivity contribution in [3.63, 3.8) is 0 Å². The van der Waals surface area contributed by atoms with Gasteiger partial charge in [0.05, 0.1) is 22.7 Å². The SMILES string of the molecule is Cc1cc(Cl)cc2[nH]c(-c3ccc(OCCCC4CCN(C)CC4)cc3Cl)nc12. The second kappa shape index (κ2) is 8.95. The van der Waals surface area contributed by atoms with Gasteiger partial charge in [0.1, 0.15) is 11.6 Å². The summed E-state index contributed by atoms with van der Waals surface area (Å²) in [6.07, 6.45) is 4.93. The van der Waals surface area contributed by atoms with Crippen LogP contribution in [0.5, 0.6) is 5.75 Å². The zero-order valence-electron chi connectivity index (χ0n) is 17.0. The molecule has 1 aliphatic heterocycles. The number of imidazole rings is 1. The van der Waals surface area contributed by atoms with Crippen LogP contribution in [0.4, 0.5) is 0 Å². The maximum absolute atomic E-state index is 6.54. The minimum absolute atomic E-state index is 0.626. The minimum atomic E-state index is 0.626. The van der Waals surface area contributed by atoms with Crippen molar-refractivity contribution in [1.82, 2.24) is 14.9 Å². The van der Waals surface area contributed by atoms with E-state index >= 15 is 0 Å². The first-order valence-electron chi connectivity index (χ1n) is 10.3. The van der Waals surface area contributed by atoms with Gasteiger partial charge in [-0.25, -0.2) is 4.98 Å². The summed E-state index contributed by atoms with van der Waals surface area (Å²) in [7, 11) is 2.20. The number of fused-ring (bicyclic) bond motifs is 1. The van der Waals surface area contributed by atoms with Gasteiger partial charge in [0.2, 0.25) is 0 Å². The van der Waals surface area contributed by atoms with E-state index in [0.717, 1.165) is 52.7 Å². The number of halogens is 2. The Bertz CT molecular complexity index is 993. The average molecular weight is 432 g/mol. The van der Waals surface area contributed by atoms with E-state index in [1.54, 1.807) is 0 Å². The first kappa shape index (κ1) is 20.5. The van der Waals surface area contributed by atoms with Gasteiger partial charge in [0, 0.05) is 10.6 Å². The van der Waals surface area contributed by atoms with Crippen LogP contribution >= 0.6 is 23.2 Å². The van der Waals surface area contributed by atoms with Crippen molar-refractivity contribution in [2.75, 3.05) is 26.7 Å². The van der Waals surface area contributed by atoms with Crippen LogP contribution in [0.25, 0.3) is 22.4 Å². The van der Waals surface area contributed by atoms with Crippen molar-refractivity contribution in [1.29, 1.82) is 0 Å². The van der Waals surface area contributed by atoms with Crippen LogP contribution in [0.1, 0.15) is 31.2 Å². The summed E-state index contributed by atoms with van der Waals surface area (Å²) >= 11 is 12.7. The molecule has 1 saturated heterocycles. The van der Waals surface area contributed by atoms with E-state index < -0.39 is 0 Å². The molecule has 0 aliphatic carbocycles. The average Bonchev–Trinajstić information content (AvgIpc) is 3.11. The van der Waals surface area contributed by atoms with Crippen LogP contribution in [-0.4, -0.2) is 41.6 Å². The molecule has 154 valence electrons. The van der Waals surface area contributed by atoms with Crippen LogP contribution < -0.4 is 4.74 Å². The molecule has 0 spiro atoms. The fourth-order valence-electron chi connectivity index (χ4n) is 4.06. The molecule has 6 heteroatoms. The summed E-state index contributed by atoms with van der Waals surface area (Å²) in [5, 5.41) is 1.32. The van der Waals surface area contributed by atoms with Crippen molar-refractivity contribution in [2.45, 2.75) is 32.6 Å². The molecule has 0 radical (unpaired) electrons. The van der Waals surface area contributed by atoms with E-state index in [9.17, 15) is 0 Å². The number of benzene rings is 2. The maximum Gasteiger partial charge on any atom is 0.140 e. The smallest absolute Gasteiger partial charge is 0.140 e. The number of aromatic nitrogens is 2. The van der Waals surface area contributed by atoms with Gasteiger partial charge in [-0.1, -0.05) is 23.2 Å². The predicted octanol–water partition coefficient (Wildman–Crippen LogP) is 6.35. The number of aromatic amines is 1. The van der Waals surface area contributed by atoms with Gasteiger partial charge in [-0.05, 0) is 94.6 Å². The summed E-state index contributed by atoms with van der Waals surface area (Å²) in [6.45, 7) is 5.17. The molecule has 0 saturated carbocycles. The Balaban J connectivity index is 1.37. The Kier molecular flexibility index (Phi) is 6.33. The zero-order valence-corrected chi connectivity index (χ0v) is 18.5. The van der Waals surface area contributed by atoms with Gasteiger partial charge >= 0.3 is 0 Å². The Labute approximate surface area is 182 Å². The highest BCUT2D eigenvalue weighted by Crippen LogP contribution is 2.32. The zero-order chi connectivity index (χ0) is 20.4.